The lowest BCUT2D eigenvalue weighted by atomic mass is 10.1. The van der Waals surface area contributed by atoms with Crippen LogP contribution >= 0.6 is 10.7 Å². The molecule has 0 fully saturated rings. The van der Waals surface area contributed by atoms with Crippen LogP contribution in [-0.2, 0) is 26.7 Å². The van der Waals surface area contributed by atoms with Gasteiger partial charge in [0.05, 0.1) is 12.2 Å². The monoisotopic (exact) mass is 273 g/mol. The van der Waals surface area contributed by atoms with Crippen LogP contribution in [0.3, 0.4) is 0 Å². The van der Waals surface area contributed by atoms with Crippen molar-refractivity contribution in [2.45, 2.75) is 12.8 Å². The number of fused-ring (bicyclic) bond motifs is 1. The van der Waals surface area contributed by atoms with Crippen LogP contribution in [0.5, 0.6) is 0 Å². The molecule has 0 aromatic heterocycles. The predicted molar refractivity (Wildman–Crippen MR) is 66.9 cm³/mol. The van der Waals surface area contributed by atoms with Gasteiger partial charge in [0.25, 0.3) is 0 Å². The summed E-state index contributed by atoms with van der Waals surface area (Å²) < 4.78 is 21.7. The highest BCUT2D eigenvalue weighted by Gasteiger charge is 2.23. The quantitative estimate of drug-likeness (QED) is 0.781. The molecule has 1 aliphatic heterocycles. The molecule has 17 heavy (non-hydrogen) atoms. The Morgan fingerprint density at radius 2 is 2.12 bits per heavy atom. The highest BCUT2D eigenvalue weighted by Crippen LogP contribution is 2.28. The van der Waals surface area contributed by atoms with Crippen molar-refractivity contribution in [2.24, 2.45) is 0 Å². The Balaban J connectivity index is 2.19. The summed E-state index contributed by atoms with van der Waals surface area (Å²) in [5.41, 5.74) is 2.73. The summed E-state index contributed by atoms with van der Waals surface area (Å²) in [4.78, 5) is 13.1. The second-order valence-corrected chi connectivity index (χ2v) is 6.98. The summed E-state index contributed by atoms with van der Waals surface area (Å²) in [5.74, 6) is -0.0287. The normalized spacial score (nSPS) is 15.2. The molecule has 4 nitrogen and oxygen atoms in total. The van der Waals surface area contributed by atoms with E-state index in [2.05, 4.69) is 0 Å². The van der Waals surface area contributed by atoms with E-state index in [1.165, 1.54) is 0 Å². The lowest BCUT2D eigenvalue weighted by molar-refractivity contribution is -0.117. The van der Waals surface area contributed by atoms with Crippen molar-refractivity contribution in [3.63, 3.8) is 0 Å². The molecule has 0 spiro atoms. The van der Waals surface area contributed by atoms with Gasteiger partial charge in [-0.2, -0.15) is 0 Å². The van der Waals surface area contributed by atoms with Gasteiger partial charge in [-0.25, -0.2) is 8.42 Å². The van der Waals surface area contributed by atoms with Gasteiger partial charge in [0, 0.05) is 23.4 Å². The average Bonchev–Trinajstić information content (AvgIpc) is 2.51. The molecule has 0 aliphatic carbocycles. The van der Waals surface area contributed by atoms with Crippen molar-refractivity contribution in [1.29, 1.82) is 0 Å². The van der Waals surface area contributed by atoms with Crippen LogP contribution in [0.25, 0.3) is 0 Å². The number of benzene rings is 1. The standard InChI is InChI=1S/C11H12ClNO3S/c1-13-10-3-2-8(4-5-17(12,15)16)6-9(10)7-11(13)14/h2-3,6H,4-5,7H2,1H3. The minimum Gasteiger partial charge on any atom is -0.315 e. The first kappa shape index (κ1) is 12.4. The zero-order valence-corrected chi connectivity index (χ0v) is 10.9. The third-order valence-electron chi connectivity index (χ3n) is 2.86. The predicted octanol–water partition coefficient (Wildman–Crippen LogP) is 1.32. The van der Waals surface area contributed by atoms with E-state index in [-0.39, 0.29) is 11.7 Å². The summed E-state index contributed by atoms with van der Waals surface area (Å²) in [5, 5.41) is 0. The molecule has 0 bridgehead atoms. The van der Waals surface area contributed by atoms with Crippen molar-refractivity contribution in [3.8, 4) is 0 Å². The van der Waals surface area contributed by atoms with E-state index in [9.17, 15) is 13.2 Å². The van der Waals surface area contributed by atoms with Crippen LogP contribution in [-0.4, -0.2) is 27.1 Å². The number of amides is 1. The second kappa shape index (κ2) is 4.31. The maximum atomic E-state index is 11.5. The Kier molecular flexibility index (Phi) is 3.14. The first-order valence-corrected chi connectivity index (χ1v) is 7.65. The van der Waals surface area contributed by atoms with E-state index in [4.69, 9.17) is 10.7 Å². The van der Waals surface area contributed by atoms with Crippen molar-refractivity contribution in [2.75, 3.05) is 17.7 Å². The lowest BCUT2D eigenvalue weighted by Crippen LogP contribution is -2.20. The summed E-state index contributed by atoms with van der Waals surface area (Å²) in [6.07, 6.45) is 0.754. The number of hydrogen-bond acceptors (Lipinski definition) is 3. The molecule has 6 heteroatoms. The second-order valence-electron chi connectivity index (χ2n) is 4.09. The van der Waals surface area contributed by atoms with Gasteiger partial charge in [-0.15, -0.1) is 0 Å². The molecular weight excluding hydrogens is 262 g/mol. The number of nitrogens with zero attached hydrogens (tertiary/aromatic N) is 1. The molecule has 2 rings (SSSR count). The molecule has 0 unspecified atom stereocenters. The minimum absolute atomic E-state index is 0.0575. The largest absolute Gasteiger partial charge is 0.315 e. The smallest absolute Gasteiger partial charge is 0.232 e. The molecule has 1 aromatic carbocycles. The Bertz CT molecular complexity index is 568. The van der Waals surface area contributed by atoms with Gasteiger partial charge < -0.3 is 4.90 Å². The number of halogens is 1. The molecule has 1 heterocycles. The third-order valence-corrected chi connectivity index (χ3v) is 4.01. The van der Waals surface area contributed by atoms with Crippen LogP contribution in [0.2, 0.25) is 0 Å². The zero-order chi connectivity index (χ0) is 12.6. The van der Waals surface area contributed by atoms with Crippen LogP contribution in [0.1, 0.15) is 11.1 Å². The Labute approximate surface area is 105 Å². The highest BCUT2D eigenvalue weighted by atomic mass is 35.7. The number of carbonyl (C=O) groups excluding carboxylic acids is 1. The molecule has 1 aromatic rings. The number of carbonyl (C=O) groups is 1. The molecular formula is C11H12ClNO3S. The van der Waals surface area contributed by atoms with E-state index in [0.717, 1.165) is 16.8 Å². The van der Waals surface area contributed by atoms with Gasteiger partial charge in [-0.1, -0.05) is 12.1 Å². The number of anilines is 1. The molecule has 0 radical (unpaired) electrons. The maximum absolute atomic E-state index is 11.5. The molecule has 92 valence electrons. The summed E-state index contributed by atoms with van der Waals surface area (Å²) in [6.45, 7) is 0. The van der Waals surface area contributed by atoms with E-state index in [0.29, 0.717) is 12.8 Å². The molecule has 0 saturated carbocycles. The number of aryl methyl sites for hydroxylation is 1. The SMILES string of the molecule is CN1C(=O)Cc2cc(CCS(=O)(=O)Cl)ccc21. The van der Waals surface area contributed by atoms with Gasteiger partial charge in [0.2, 0.25) is 15.0 Å². The van der Waals surface area contributed by atoms with Crippen LogP contribution in [0, 0.1) is 0 Å². The van der Waals surface area contributed by atoms with Crippen molar-refractivity contribution in [1.82, 2.24) is 0 Å². The lowest BCUT2D eigenvalue weighted by Gasteiger charge is -2.10. The van der Waals surface area contributed by atoms with Crippen molar-refractivity contribution < 1.29 is 13.2 Å². The minimum atomic E-state index is -3.46. The third kappa shape index (κ3) is 2.79. The van der Waals surface area contributed by atoms with Gasteiger partial charge in [-0.3, -0.25) is 4.79 Å². The van der Waals surface area contributed by atoms with Crippen molar-refractivity contribution >= 4 is 31.3 Å². The van der Waals surface area contributed by atoms with Gasteiger partial charge in [-0.05, 0) is 23.6 Å². The molecule has 0 atom stereocenters. The first-order chi connectivity index (χ1) is 7.87. The molecule has 1 aliphatic rings. The van der Waals surface area contributed by atoms with Crippen molar-refractivity contribution in [3.05, 3.63) is 29.3 Å². The molecule has 1 amide bonds. The zero-order valence-electron chi connectivity index (χ0n) is 9.31. The fourth-order valence-corrected chi connectivity index (χ4v) is 2.63. The maximum Gasteiger partial charge on any atom is 0.232 e. The topological polar surface area (TPSA) is 54.5 Å². The number of likely N-dealkylation sites (N-methyl/N-ethyl adjacent to an activating group) is 1. The van der Waals surface area contributed by atoms with Crippen LogP contribution < -0.4 is 4.90 Å². The van der Waals surface area contributed by atoms with Crippen LogP contribution in [0.15, 0.2) is 18.2 Å². The van der Waals surface area contributed by atoms with Gasteiger partial charge >= 0.3 is 0 Å². The Morgan fingerprint density at radius 1 is 1.41 bits per heavy atom. The van der Waals surface area contributed by atoms with E-state index >= 15 is 0 Å². The summed E-state index contributed by atoms with van der Waals surface area (Å²) >= 11 is 0. The van der Waals surface area contributed by atoms with E-state index in [1.54, 1.807) is 11.9 Å². The number of hydrogen-bond donors (Lipinski definition) is 0. The average molecular weight is 274 g/mol. The Morgan fingerprint density at radius 3 is 2.76 bits per heavy atom. The van der Waals surface area contributed by atoms with Gasteiger partial charge in [0.15, 0.2) is 0 Å². The first-order valence-electron chi connectivity index (χ1n) is 5.17. The fourth-order valence-electron chi connectivity index (χ4n) is 1.92. The highest BCUT2D eigenvalue weighted by molar-refractivity contribution is 8.13. The van der Waals surface area contributed by atoms with E-state index in [1.807, 2.05) is 18.2 Å². The number of rotatable bonds is 3. The summed E-state index contributed by atoms with van der Waals surface area (Å²) in [7, 11) is 3.43. The molecule has 0 saturated heterocycles. The fraction of sp³-hybridized carbons (Fsp3) is 0.364. The van der Waals surface area contributed by atoms with Gasteiger partial charge in [0.1, 0.15) is 0 Å². The van der Waals surface area contributed by atoms with E-state index < -0.39 is 9.05 Å². The Hall–Kier alpha value is -1.07. The molecule has 0 N–H and O–H groups in total. The van der Waals surface area contributed by atoms with Crippen LogP contribution in [0.4, 0.5) is 5.69 Å². The summed E-state index contributed by atoms with van der Waals surface area (Å²) in [6, 6.07) is 5.55.